The molecule has 5 heteroatoms. The van der Waals surface area contributed by atoms with Gasteiger partial charge in [-0.25, -0.2) is 9.97 Å². The number of aromatic nitrogens is 2. The van der Waals surface area contributed by atoms with Crippen LogP contribution in [0.5, 0.6) is 0 Å². The van der Waals surface area contributed by atoms with Crippen molar-refractivity contribution in [2.45, 2.75) is 57.0 Å². The molecule has 0 bridgehead atoms. The molecule has 2 saturated heterocycles. The van der Waals surface area contributed by atoms with Crippen molar-refractivity contribution < 1.29 is 0 Å². The van der Waals surface area contributed by atoms with Gasteiger partial charge >= 0.3 is 0 Å². The Kier molecular flexibility index (Phi) is 4.86. The maximum atomic E-state index is 6.03. The molecule has 2 atom stereocenters. The summed E-state index contributed by atoms with van der Waals surface area (Å²) >= 11 is 6.03. The zero-order chi connectivity index (χ0) is 16.4. The minimum absolute atomic E-state index is 0.610. The van der Waals surface area contributed by atoms with Crippen LogP contribution >= 0.6 is 11.6 Å². The molecule has 4 heterocycles. The normalized spacial score (nSPS) is 24.6. The third-order valence-corrected chi connectivity index (χ3v) is 5.63. The van der Waals surface area contributed by atoms with Crippen LogP contribution in [0.3, 0.4) is 0 Å². The molecule has 2 fully saturated rings. The largest absolute Gasteiger partial charge is 0.354 e. The molecule has 0 aliphatic carbocycles. The molecule has 2 aromatic heterocycles. The Morgan fingerprint density at radius 2 is 2.12 bits per heavy atom. The number of nitrogens with zero attached hydrogens (tertiary/aromatic N) is 3. The van der Waals surface area contributed by atoms with E-state index in [-0.39, 0.29) is 0 Å². The molecule has 4 nitrogen and oxygen atoms in total. The van der Waals surface area contributed by atoms with Crippen LogP contribution in [0.1, 0.15) is 44.9 Å². The molecule has 0 spiro atoms. The summed E-state index contributed by atoms with van der Waals surface area (Å²) in [6.07, 6.45) is 10.8. The van der Waals surface area contributed by atoms with Gasteiger partial charge in [0.05, 0.1) is 5.02 Å². The number of hydrogen-bond acceptors (Lipinski definition) is 4. The van der Waals surface area contributed by atoms with Gasteiger partial charge in [-0.2, -0.15) is 0 Å². The van der Waals surface area contributed by atoms with Crippen molar-refractivity contribution in [3.05, 3.63) is 29.4 Å². The summed E-state index contributed by atoms with van der Waals surface area (Å²) in [6.45, 7) is 2.30. The van der Waals surface area contributed by atoms with E-state index in [2.05, 4.69) is 27.3 Å². The fraction of sp³-hybridized carbons (Fsp3) is 0.579. The van der Waals surface area contributed by atoms with Crippen molar-refractivity contribution in [1.82, 2.24) is 15.3 Å². The summed E-state index contributed by atoms with van der Waals surface area (Å²) < 4.78 is 0. The Bertz CT molecular complexity index is 699. The van der Waals surface area contributed by atoms with Crippen LogP contribution in [0, 0.1) is 0 Å². The van der Waals surface area contributed by atoms with Crippen LogP contribution in [0.2, 0.25) is 5.02 Å². The number of nitrogens with one attached hydrogen (secondary N) is 1. The van der Waals surface area contributed by atoms with E-state index in [1.165, 1.54) is 51.5 Å². The minimum atomic E-state index is 0.610. The quantitative estimate of drug-likeness (QED) is 0.903. The zero-order valence-electron chi connectivity index (χ0n) is 14.0. The predicted molar refractivity (Wildman–Crippen MR) is 99.8 cm³/mol. The van der Waals surface area contributed by atoms with E-state index in [1.807, 2.05) is 6.07 Å². The van der Waals surface area contributed by atoms with Crippen molar-refractivity contribution in [3.8, 4) is 0 Å². The lowest BCUT2D eigenvalue weighted by molar-refractivity contribution is 0.402. The molecule has 24 heavy (non-hydrogen) atoms. The Morgan fingerprint density at radius 1 is 1.17 bits per heavy atom. The molecular formula is C19H25ClN4. The molecule has 0 aromatic carbocycles. The van der Waals surface area contributed by atoms with Gasteiger partial charge in [0, 0.05) is 30.2 Å². The summed E-state index contributed by atoms with van der Waals surface area (Å²) in [5.74, 6) is 1.07. The van der Waals surface area contributed by atoms with Gasteiger partial charge in [-0.3, -0.25) is 0 Å². The third-order valence-electron chi connectivity index (χ3n) is 5.43. The summed E-state index contributed by atoms with van der Waals surface area (Å²) in [7, 11) is 0. The second-order valence-electron chi connectivity index (χ2n) is 7.08. The van der Waals surface area contributed by atoms with E-state index in [4.69, 9.17) is 16.6 Å². The van der Waals surface area contributed by atoms with Crippen LogP contribution < -0.4 is 10.2 Å². The zero-order valence-corrected chi connectivity index (χ0v) is 14.8. The lowest BCUT2D eigenvalue weighted by atomic mass is 9.95. The highest BCUT2D eigenvalue weighted by molar-refractivity contribution is 6.31. The van der Waals surface area contributed by atoms with Gasteiger partial charge < -0.3 is 10.2 Å². The Balaban J connectivity index is 1.52. The summed E-state index contributed by atoms with van der Waals surface area (Å²) in [5.41, 5.74) is 0.790. The van der Waals surface area contributed by atoms with Gasteiger partial charge in [0.1, 0.15) is 5.82 Å². The van der Waals surface area contributed by atoms with Crippen molar-refractivity contribution in [1.29, 1.82) is 0 Å². The topological polar surface area (TPSA) is 41.1 Å². The standard InChI is InChI=1S/C19H25ClN4/c20-15-12-14-6-9-18(23-19(14)22-13-15)24-11-2-1-5-17(24)8-7-16-4-3-10-21-16/h6,9,12-13,16-17,21H,1-5,7-8,10-11H2/t16-,17?/m1/s1. The fourth-order valence-corrected chi connectivity index (χ4v) is 4.30. The van der Waals surface area contributed by atoms with E-state index in [0.29, 0.717) is 11.1 Å². The van der Waals surface area contributed by atoms with Crippen molar-refractivity contribution in [2.24, 2.45) is 0 Å². The Hall–Kier alpha value is -1.39. The molecule has 4 rings (SSSR count). The fourth-order valence-electron chi connectivity index (χ4n) is 4.13. The number of pyridine rings is 2. The average Bonchev–Trinajstić information content (AvgIpc) is 3.13. The van der Waals surface area contributed by atoms with Crippen LogP contribution in [-0.2, 0) is 0 Å². The van der Waals surface area contributed by atoms with Gasteiger partial charge in [-0.15, -0.1) is 0 Å². The van der Waals surface area contributed by atoms with Gasteiger partial charge in [-0.05, 0) is 69.7 Å². The van der Waals surface area contributed by atoms with E-state index < -0.39 is 0 Å². The number of fused-ring (bicyclic) bond motifs is 1. The molecule has 2 aliphatic rings. The highest BCUT2D eigenvalue weighted by Crippen LogP contribution is 2.28. The van der Waals surface area contributed by atoms with E-state index >= 15 is 0 Å². The lowest BCUT2D eigenvalue weighted by Crippen LogP contribution is -2.41. The van der Waals surface area contributed by atoms with Crippen molar-refractivity contribution in [3.63, 3.8) is 0 Å². The van der Waals surface area contributed by atoms with E-state index in [1.54, 1.807) is 6.20 Å². The highest BCUT2D eigenvalue weighted by Gasteiger charge is 2.25. The number of anilines is 1. The third kappa shape index (κ3) is 3.50. The van der Waals surface area contributed by atoms with Crippen LogP contribution in [0.4, 0.5) is 5.82 Å². The molecule has 0 saturated carbocycles. The Morgan fingerprint density at radius 3 is 3.00 bits per heavy atom. The SMILES string of the molecule is Clc1cnc2nc(N3CCCCC3CC[C@H]3CCCN3)ccc2c1. The number of hydrogen-bond donors (Lipinski definition) is 1. The second-order valence-corrected chi connectivity index (χ2v) is 7.52. The van der Waals surface area contributed by atoms with Crippen LogP contribution in [-0.4, -0.2) is 35.1 Å². The molecular weight excluding hydrogens is 320 g/mol. The van der Waals surface area contributed by atoms with Gasteiger partial charge in [0.2, 0.25) is 0 Å². The summed E-state index contributed by atoms with van der Waals surface area (Å²) in [6, 6.07) is 7.49. The molecule has 0 amide bonds. The van der Waals surface area contributed by atoms with E-state index in [0.717, 1.165) is 29.4 Å². The van der Waals surface area contributed by atoms with Gasteiger partial charge in [0.25, 0.3) is 0 Å². The lowest BCUT2D eigenvalue weighted by Gasteiger charge is -2.37. The van der Waals surface area contributed by atoms with Crippen LogP contribution in [0.25, 0.3) is 11.0 Å². The monoisotopic (exact) mass is 344 g/mol. The summed E-state index contributed by atoms with van der Waals surface area (Å²) in [4.78, 5) is 11.7. The highest BCUT2D eigenvalue weighted by atomic mass is 35.5. The number of rotatable bonds is 4. The first-order valence-corrected chi connectivity index (χ1v) is 9.60. The van der Waals surface area contributed by atoms with Crippen molar-refractivity contribution in [2.75, 3.05) is 18.0 Å². The van der Waals surface area contributed by atoms with Gasteiger partial charge in [-0.1, -0.05) is 11.6 Å². The minimum Gasteiger partial charge on any atom is -0.354 e. The Labute approximate surface area is 148 Å². The average molecular weight is 345 g/mol. The maximum absolute atomic E-state index is 6.03. The van der Waals surface area contributed by atoms with Gasteiger partial charge in [0.15, 0.2) is 5.65 Å². The first-order valence-electron chi connectivity index (χ1n) is 9.22. The molecule has 2 aliphatic heterocycles. The predicted octanol–water partition coefficient (Wildman–Crippen LogP) is 4.17. The number of piperidine rings is 1. The molecule has 128 valence electrons. The smallest absolute Gasteiger partial charge is 0.161 e. The second kappa shape index (κ2) is 7.24. The summed E-state index contributed by atoms with van der Waals surface area (Å²) in [5, 5.41) is 5.30. The maximum Gasteiger partial charge on any atom is 0.161 e. The first kappa shape index (κ1) is 16.1. The molecule has 1 N–H and O–H groups in total. The first-order chi connectivity index (χ1) is 11.8. The molecule has 0 radical (unpaired) electrons. The van der Waals surface area contributed by atoms with Crippen LogP contribution in [0.15, 0.2) is 24.4 Å². The number of halogens is 1. The molecule has 2 aromatic rings. The molecule has 1 unspecified atom stereocenters. The van der Waals surface area contributed by atoms with Crippen molar-refractivity contribution >= 4 is 28.5 Å². The van der Waals surface area contributed by atoms with E-state index in [9.17, 15) is 0 Å².